The second-order valence-corrected chi connectivity index (χ2v) is 9.53. The molecule has 0 bridgehead atoms. The molecule has 3 N–H and O–H groups in total. The van der Waals surface area contributed by atoms with Crippen molar-refractivity contribution in [3.8, 4) is 5.69 Å². The molecule has 2 atom stereocenters. The molecule has 5 rings (SSSR count). The summed E-state index contributed by atoms with van der Waals surface area (Å²) in [5.41, 5.74) is 4.46. The van der Waals surface area contributed by atoms with Crippen LogP contribution in [0.5, 0.6) is 0 Å². The highest BCUT2D eigenvalue weighted by Crippen LogP contribution is 2.39. The van der Waals surface area contributed by atoms with Crippen molar-refractivity contribution in [2.24, 2.45) is 0 Å². The first kappa shape index (κ1) is 25.2. The SMILES string of the molecule is Cc1cccc(NC(=O)CCN2C(=S)N[C@@H](c3ccccn3)[C@H]2c2cccn2-c2cccc(C(=O)O)c2)c1. The lowest BCUT2D eigenvalue weighted by molar-refractivity contribution is -0.116. The van der Waals surface area contributed by atoms with E-state index in [1.807, 2.05) is 83.3 Å². The van der Waals surface area contributed by atoms with Crippen LogP contribution in [0.1, 0.15) is 45.8 Å². The van der Waals surface area contributed by atoms with Crippen LogP contribution in [0.4, 0.5) is 5.69 Å². The first-order chi connectivity index (χ1) is 18.4. The molecular formula is C29H27N5O3S. The third-order valence-corrected chi connectivity index (χ3v) is 6.89. The van der Waals surface area contributed by atoms with Gasteiger partial charge in [-0.3, -0.25) is 9.78 Å². The van der Waals surface area contributed by atoms with Gasteiger partial charge in [0.15, 0.2) is 5.11 Å². The number of benzene rings is 2. The van der Waals surface area contributed by atoms with Gasteiger partial charge in [0.2, 0.25) is 5.91 Å². The van der Waals surface area contributed by atoms with E-state index in [-0.39, 0.29) is 30.0 Å². The summed E-state index contributed by atoms with van der Waals surface area (Å²) in [7, 11) is 0. The maximum absolute atomic E-state index is 12.8. The van der Waals surface area contributed by atoms with Gasteiger partial charge in [-0.1, -0.05) is 24.3 Å². The van der Waals surface area contributed by atoms with E-state index in [2.05, 4.69) is 15.6 Å². The molecule has 0 saturated carbocycles. The van der Waals surface area contributed by atoms with Gasteiger partial charge in [-0.25, -0.2) is 4.79 Å². The highest BCUT2D eigenvalue weighted by molar-refractivity contribution is 7.80. The van der Waals surface area contributed by atoms with E-state index >= 15 is 0 Å². The van der Waals surface area contributed by atoms with Crippen LogP contribution in [0.3, 0.4) is 0 Å². The lowest BCUT2D eigenvalue weighted by atomic mass is 10.0. The average molecular weight is 526 g/mol. The number of nitrogens with one attached hydrogen (secondary N) is 2. The van der Waals surface area contributed by atoms with Crippen molar-refractivity contribution in [3.05, 3.63) is 114 Å². The van der Waals surface area contributed by atoms with Gasteiger partial charge < -0.3 is 25.2 Å². The van der Waals surface area contributed by atoms with Gasteiger partial charge in [-0.05, 0) is 79.3 Å². The highest BCUT2D eigenvalue weighted by atomic mass is 32.1. The minimum absolute atomic E-state index is 0.108. The van der Waals surface area contributed by atoms with Crippen LogP contribution >= 0.6 is 12.2 Å². The molecule has 0 spiro atoms. The summed E-state index contributed by atoms with van der Waals surface area (Å²) in [6, 6.07) is 23.6. The number of carbonyl (C=O) groups excluding carboxylic acids is 1. The minimum Gasteiger partial charge on any atom is -0.478 e. The van der Waals surface area contributed by atoms with Crippen LogP contribution in [0.2, 0.25) is 0 Å². The molecule has 2 aromatic heterocycles. The van der Waals surface area contributed by atoms with Crippen molar-refractivity contribution < 1.29 is 14.7 Å². The minimum atomic E-state index is -0.989. The van der Waals surface area contributed by atoms with Crippen LogP contribution < -0.4 is 10.6 Å². The van der Waals surface area contributed by atoms with Gasteiger partial charge in [0.25, 0.3) is 0 Å². The second-order valence-electron chi connectivity index (χ2n) is 9.15. The Labute approximate surface area is 225 Å². The normalized spacial score (nSPS) is 16.8. The molecule has 1 fully saturated rings. The Morgan fingerprint density at radius 1 is 1.05 bits per heavy atom. The van der Waals surface area contributed by atoms with Crippen LogP contribution in [0, 0.1) is 6.92 Å². The molecule has 0 unspecified atom stereocenters. The van der Waals surface area contributed by atoms with Crippen molar-refractivity contribution in [1.82, 2.24) is 19.8 Å². The molecule has 0 radical (unpaired) electrons. The molecule has 1 amide bonds. The number of aromatic nitrogens is 2. The zero-order chi connectivity index (χ0) is 26.6. The number of hydrogen-bond acceptors (Lipinski definition) is 4. The number of aromatic carboxylic acids is 1. The maximum atomic E-state index is 12.8. The molecule has 8 nitrogen and oxygen atoms in total. The molecule has 1 saturated heterocycles. The van der Waals surface area contributed by atoms with Crippen molar-refractivity contribution >= 4 is 34.9 Å². The van der Waals surface area contributed by atoms with E-state index < -0.39 is 5.97 Å². The van der Waals surface area contributed by atoms with Gasteiger partial charge in [0.1, 0.15) is 0 Å². The van der Waals surface area contributed by atoms with E-state index in [1.165, 1.54) is 0 Å². The monoisotopic (exact) mass is 525 g/mol. The van der Waals surface area contributed by atoms with Gasteiger partial charge in [-0.15, -0.1) is 0 Å². The number of nitrogens with zero attached hydrogens (tertiary/aromatic N) is 3. The summed E-state index contributed by atoms with van der Waals surface area (Å²) in [4.78, 5) is 31.0. The van der Waals surface area contributed by atoms with Crippen molar-refractivity contribution in [1.29, 1.82) is 0 Å². The van der Waals surface area contributed by atoms with Crippen molar-refractivity contribution in [2.75, 3.05) is 11.9 Å². The Balaban J connectivity index is 1.46. The number of aryl methyl sites for hydroxylation is 1. The summed E-state index contributed by atoms with van der Waals surface area (Å²) < 4.78 is 1.96. The zero-order valence-electron chi connectivity index (χ0n) is 20.7. The Morgan fingerprint density at radius 3 is 2.66 bits per heavy atom. The fraction of sp³-hybridized carbons (Fsp3) is 0.172. The number of rotatable bonds is 8. The Hall–Kier alpha value is -4.50. The van der Waals surface area contributed by atoms with Crippen molar-refractivity contribution in [2.45, 2.75) is 25.4 Å². The summed E-state index contributed by atoms with van der Waals surface area (Å²) in [6.45, 7) is 2.37. The lowest BCUT2D eigenvalue weighted by Crippen LogP contribution is -2.33. The number of carbonyl (C=O) groups is 2. The summed E-state index contributed by atoms with van der Waals surface area (Å²) in [5.74, 6) is -1.10. The van der Waals surface area contributed by atoms with Gasteiger partial charge in [0.05, 0.1) is 23.3 Å². The molecule has 192 valence electrons. The highest BCUT2D eigenvalue weighted by Gasteiger charge is 2.41. The largest absolute Gasteiger partial charge is 0.478 e. The number of hydrogen-bond donors (Lipinski definition) is 3. The number of thiocarbonyl (C=S) groups is 1. The zero-order valence-corrected chi connectivity index (χ0v) is 21.6. The van der Waals surface area contributed by atoms with E-state index in [1.54, 1.807) is 24.4 Å². The smallest absolute Gasteiger partial charge is 0.335 e. The molecule has 3 heterocycles. The maximum Gasteiger partial charge on any atom is 0.335 e. The Morgan fingerprint density at radius 2 is 1.89 bits per heavy atom. The lowest BCUT2D eigenvalue weighted by Gasteiger charge is -2.29. The third kappa shape index (κ3) is 5.28. The van der Waals surface area contributed by atoms with E-state index in [0.717, 1.165) is 28.3 Å². The number of carboxylic acid groups (broad SMARTS) is 1. The summed E-state index contributed by atoms with van der Waals surface area (Å²) in [6.07, 6.45) is 3.87. The fourth-order valence-electron chi connectivity index (χ4n) is 4.80. The van der Waals surface area contributed by atoms with Crippen LogP contribution in [0.15, 0.2) is 91.3 Å². The quantitative estimate of drug-likeness (QED) is 0.282. The molecule has 38 heavy (non-hydrogen) atoms. The Kier molecular flexibility index (Phi) is 7.19. The van der Waals surface area contributed by atoms with Gasteiger partial charge in [0, 0.05) is 42.4 Å². The van der Waals surface area contributed by atoms with Gasteiger partial charge in [-0.2, -0.15) is 0 Å². The predicted molar refractivity (Wildman–Crippen MR) is 149 cm³/mol. The topological polar surface area (TPSA) is 99.5 Å². The van der Waals surface area contributed by atoms with E-state index in [0.29, 0.717) is 11.7 Å². The predicted octanol–water partition coefficient (Wildman–Crippen LogP) is 4.88. The van der Waals surface area contributed by atoms with Crippen molar-refractivity contribution in [3.63, 3.8) is 0 Å². The number of anilines is 1. The van der Waals surface area contributed by atoms with Crippen LogP contribution in [-0.2, 0) is 4.79 Å². The molecule has 9 heteroatoms. The molecule has 1 aliphatic rings. The number of pyridine rings is 1. The summed E-state index contributed by atoms with van der Waals surface area (Å²) >= 11 is 5.75. The molecule has 2 aromatic carbocycles. The first-order valence-corrected chi connectivity index (χ1v) is 12.7. The standard InChI is InChI=1S/C29H27N5O3S/c1-19-7-4-9-21(17-19)31-25(35)13-16-34-27(26(32-29(34)38)23-11-2-3-14-30-23)24-12-6-15-33(24)22-10-5-8-20(18-22)28(36)37/h2-12,14-15,17-18,26-27H,13,16H2,1H3,(H,31,35)(H,32,38)(H,36,37)/t26-,27+/m0/s1. The second kappa shape index (κ2) is 10.9. The number of carboxylic acids is 1. The van der Waals surface area contributed by atoms with Crippen LogP contribution in [0.25, 0.3) is 5.69 Å². The van der Waals surface area contributed by atoms with Gasteiger partial charge >= 0.3 is 5.97 Å². The number of amides is 1. The fourth-order valence-corrected chi connectivity index (χ4v) is 5.13. The summed E-state index contributed by atoms with van der Waals surface area (Å²) in [5, 5.41) is 16.4. The molecular weight excluding hydrogens is 498 g/mol. The molecule has 1 aliphatic heterocycles. The Bertz CT molecular complexity index is 1490. The third-order valence-electron chi connectivity index (χ3n) is 6.53. The average Bonchev–Trinajstić information content (AvgIpc) is 3.52. The van der Waals surface area contributed by atoms with Crippen LogP contribution in [-0.4, -0.2) is 43.1 Å². The van der Waals surface area contributed by atoms with E-state index in [4.69, 9.17) is 12.2 Å². The first-order valence-electron chi connectivity index (χ1n) is 12.3. The van der Waals surface area contributed by atoms with E-state index in [9.17, 15) is 14.7 Å². The molecule has 4 aromatic rings. The molecule has 0 aliphatic carbocycles.